The van der Waals surface area contributed by atoms with Gasteiger partial charge in [0.05, 0.1) is 38.2 Å². The molecule has 4 rings (SSSR count). The van der Waals surface area contributed by atoms with E-state index in [-0.39, 0.29) is 23.7 Å². The minimum absolute atomic E-state index is 0.0805. The number of halogens is 4. The van der Waals surface area contributed by atoms with E-state index in [1.165, 1.54) is 6.07 Å². The molecule has 0 amide bonds. The Morgan fingerprint density at radius 3 is 1.93 bits per heavy atom. The van der Waals surface area contributed by atoms with E-state index in [0.29, 0.717) is 46.6 Å². The highest BCUT2D eigenvalue weighted by atomic mass is 79.9. The minimum Gasteiger partial charge on any atom is -0.383 e. The third-order valence-corrected chi connectivity index (χ3v) is 6.17. The quantitative estimate of drug-likeness (QED) is 0.0877. The molecule has 2 aliphatic heterocycles. The Morgan fingerprint density at radius 1 is 0.950 bits per heavy atom. The molecule has 40 heavy (non-hydrogen) atoms. The van der Waals surface area contributed by atoms with E-state index in [0.717, 1.165) is 18.1 Å². The van der Waals surface area contributed by atoms with E-state index >= 15 is 0 Å². The van der Waals surface area contributed by atoms with Gasteiger partial charge in [0.15, 0.2) is 10.6 Å². The maximum Gasteiger partial charge on any atom is 0.205 e. The van der Waals surface area contributed by atoms with E-state index in [4.69, 9.17) is 55.4 Å². The van der Waals surface area contributed by atoms with Crippen LogP contribution in [-0.4, -0.2) is 60.9 Å². The van der Waals surface area contributed by atoms with E-state index in [9.17, 15) is 9.59 Å². The summed E-state index contributed by atoms with van der Waals surface area (Å²) < 4.78 is 10.2. The van der Waals surface area contributed by atoms with Crippen LogP contribution in [0.3, 0.4) is 0 Å². The first-order valence-electron chi connectivity index (χ1n) is 11.4. The summed E-state index contributed by atoms with van der Waals surface area (Å²) in [6.45, 7) is 3.71. The number of alkyl halides is 1. The van der Waals surface area contributed by atoms with Crippen LogP contribution in [0.1, 0.15) is 20.7 Å². The number of ketones is 2. The molecule has 2 aromatic carbocycles. The number of carbonyl (C=O) groups is 2. The molecule has 2 aromatic rings. The molecule has 2 heterocycles. The summed E-state index contributed by atoms with van der Waals surface area (Å²) in [5, 5.41) is 24.6. The first-order chi connectivity index (χ1) is 19.3. The Hall–Kier alpha value is -2.00. The van der Waals surface area contributed by atoms with Gasteiger partial charge in [0.1, 0.15) is 16.6 Å². The number of nitrogens with zero attached hydrogens (tertiary/aromatic N) is 2. The Labute approximate surface area is 269 Å². The Morgan fingerprint density at radius 2 is 1.50 bits per heavy atom. The van der Waals surface area contributed by atoms with Crippen LogP contribution in [-0.2, 0) is 9.47 Å². The topological polar surface area (TPSA) is 124 Å². The summed E-state index contributed by atoms with van der Waals surface area (Å²) in [5.41, 5.74) is 1.46. The van der Waals surface area contributed by atoms with Crippen LogP contribution in [0.25, 0.3) is 0 Å². The normalized spacial score (nSPS) is 15.6. The van der Waals surface area contributed by atoms with Crippen LogP contribution in [0, 0.1) is 22.7 Å². The Kier molecular flexibility index (Phi) is 18.7. The van der Waals surface area contributed by atoms with Crippen molar-refractivity contribution < 1.29 is 19.1 Å². The molecule has 2 N–H and O–H groups in total. The number of thiol groups is 1. The van der Waals surface area contributed by atoms with Gasteiger partial charge in [-0.1, -0.05) is 75.6 Å². The molecule has 0 saturated carbocycles. The zero-order valence-corrected chi connectivity index (χ0v) is 27.2. The Balaban J connectivity index is 0.000000317. The van der Waals surface area contributed by atoms with Gasteiger partial charge in [0.2, 0.25) is 5.78 Å². The molecule has 0 aliphatic carbocycles. The van der Waals surface area contributed by atoms with Crippen LogP contribution >= 0.6 is 77.2 Å². The largest absolute Gasteiger partial charge is 0.383 e. The van der Waals surface area contributed by atoms with Crippen molar-refractivity contribution in [2.24, 2.45) is 0 Å². The molecule has 8 nitrogen and oxygen atoms in total. The average molecular weight is 751 g/mol. The van der Waals surface area contributed by atoms with Crippen molar-refractivity contribution in [2.45, 2.75) is 4.83 Å². The van der Waals surface area contributed by atoms with E-state index in [1.807, 2.05) is 6.07 Å². The number of benzene rings is 2. The summed E-state index contributed by atoms with van der Waals surface area (Å²) >= 11 is 25.2. The van der Waals surface area contributed by atoms with Gasteiger partial charge in [-0.15, -0.1) is 11.1 Å². The summed E-state index contributed by atoms with van der Waals surface area (Å²) in [5.74, 6) is -0.613. The van der Waals surface area contributed by atoms with Gasteiger partial charge >= 0.3 is 0 Å². The van der Waals surface area contributed by atoms with Crippen molar-refractivity contribution in [1.29, 1.82) is 10.5 Å². The average Bonchev–Trinajstić information content (AvgIpc) is 2.99. The van der Waals surface area contributed by atoms with Crippen LogP contribution in [0.4, 0.5) is 0 Å². The number of hydrogen-bond acceptors (Lipinski definition) is 9. The zero-order chi connectivity index (χ0) is 29.9. The van der Waals surface area contributed by atoms with Gasteiger partial charge in [-0.25, -0.2) is 0 Å². The van der Waals surface area contributed by atoms with Crippen molar-refractivity contribution in [3.05, 3.63) is 81.0 Å². The number of nitrogens with one attached hydrogen (secondary N) is 2. The molecule has 1 unspecified atom stereocenters. The smallest absolute Gasteiger partial charge is 0.205 e. The molecule has 0 bridgehead atoms. The lowest BCUT2D eigenvalue weighted by molar-refractivity contribution is 0.100. The monoisotopic (exact) mass is 748 g/mol. The van der Waals surface area contributed by atoms with E-state index < -0.39 is 4.83 Å². The number of morpholine rings is 2. The summed E-state index contributed by atoms with van der Waals surface area (Å²) in [6.07, 6.45) is 0. The van der Waals surface area contributed by atoms with Crippen LogP contribution in [0.15, 0.2) is 59.8 Å². The van der Waals surface area contributed by atoms with Crippen LogP contribution in [0.5, 0.6) is 0 Å². The lowest BCUT2D eigenvalue weighted by Crippen LogP contribution is -2.35. The third-order valence-electron chi connectivity index (χ3n) is 4.81. The van der Waals surface area contributed by atoms with Gasteiger partial charge in [0, 0.05) is 34.3 Å². The predicted molar refractivity (Wildman–Crippen MR) is 171 cm³/mol. The molecule has 0 spiro atoms. The number of carbonyl (C=O) groups excluding carboxylic acids is 2. The van der Waals surface area contributed by atoms with Crippen molar-refractivity contribution in [3.63, 3.8) is 0 Å². The SMILES string of the molecule is N#C/C(C(=O)c1cccc(Cl)c1)=C1\COCCN1.N#CC(Br)C(=O)c1cccc(Cl)c1.S=C1COCCN1.SBr. The number of thiocarbonyl (C=S) groups is 1. The highest BCUT2D eigenvalue weighted by Crippen LogP contribution is 2.17. The van der Waals surface area contributed by atoms with Gasteiger partial charge in [-0.2, -0.15) is 10.5 Å². The fourth-order valence-corrected chi connectivity index (χ4v) is 3.84. The molecule has 2 fully saturated rings. The molecule has 2 aliphatic rings. The lowest BCUT2D eigenvalue weighted by atomic mass is 10.0. The molecule has 0 radical (unpaired) electrons. The molecule has 0 aromatic heterocycles. The number of hydrogen-bond donors (Lipinski definition) is 3. The summed E-state index contributed by atoms with van der Waals surface area (Å²) in [4.78, 5) is 23.6. The van der Waals surface area contributed by atoms with E-state index in [2.05, 4.69) is 52.4 Å². The number of nitriles is 2. The number of allylic oxidation sites excluding steroid dienone is 1. The van der Waals surface area contributed by atoms with Gasteiger partial charge in [0.25, 0.3) is 0 Å². The van der Waals surface area contributed by atoms with Gasteiger partial charge in [-0.3, -0.25) is 9.59 Å². The maximum atomic E-state index is 12.2. The zero-order valence-electron chi connectivity index (χ0n) is 20.8. The minimum atomic E-state index is -0.800. The molecular formula is C26H24Br2Cl2N4O4S2. The van der Waals surface area contributed by atoms with Gasteiger partial charge < -0.3 is 20.1 Å². The summed E-state index contributed by atoms with van der Waals surface area (Å²) in [7, 11) is 0. The summed E-state index contributed by atoms with van der Waals surface area (Å²) in [6, 6.07) is 16.8. The highest BCUT2D eigenvalue weighted by Gasteiger charge is 2.19. The molecule has 14 heteroatoms. The lowest BCUT2D eigenvalue weighted by Gasteiger charge is -2.18. The molecule has 1 atom stereocenters. The first-order valence-corrected chi connectivity index (χ1v) is 15.9. The fraction of sp³-hybridized carbons (Fsp3) is 0.269. The Bertz CT molecular complexity index is 1270. The second kappa shape index (κ2) is 20.8. The maximum absolute atomic E-state index is 12.2. The van der Waals surface area contributed by atoms with Crippen molar-refractivity contribution in [1.82, 2.24) is 10.6 Å². The number of ether oxygens (including phenoxy) is 2. The standard InChI is InChI=1S/C13H11ClN2O2.C9H5BrClNO.C4H7NOS.BrHS/c14-10-3-1-2-9(6-10)13(17)11(7-15)12-8-18-5-4-16-12;10-8(5-12)9(13)6-2-1-3-7(11)4-6;7-4-3-6-2-1-5-4;1-2/h1-3,6,16H,4-5,8H2;1-4,8H;1-3H2,(H,5,7);2H/b12-11-;;;. The third kappa shape index (κ3) is 13.1. The second-order valence-corrected chi connectivity index (χ2v) is 9.83. The second-order valence-electron chi connectivity index (χ2n) is 7.55. The van der Waals surface area contributed by atoms with Crippen LogP contribution < -0.4 is 10.6 Å². The van der Waals surface area contributed by atoms with Crippen molar-refractivity contribution in [3.8, 4) is 12.1 Å². The first kappa shape index (κ1) is 36.0. The number of Topliss-reactive ketones (excluding diaryl/α,β-unsaturated/α-hetero) is 2. The van der Waals surface area contributed by atoms with Gasteiger partial charge in [-0.05, 0) is 39.1 Å². The highest BCUT2D eigenvalue weighted by molar-refractivity contribution is 9.46. The fourth-order valence-electron chi connectivity index (χ4n) is 3.01. The predicted octanol–water partition coefficient (Wildman–Crippen LogP) is 5.89. The molecular weight excluding hydrogens is 727 g/mol. The van der Waals surface area contributed by atoms with E-state index in [1.54, 1.807) is 48.5 Å². The van der Waals surface area contributed by atoms with Crippen LogP contribution in [0.2, 0.25) is 10.0 Å². The molecule has 212 valence electrons. The molecule has 2 saturated heterocycles. The van der Waals surface area contributed by atoms with Crippen molar-refractivity contribution >= 4 is 93.8 Å². The number of rotatable bonds is 4. The van der Waals surface area contributed by atoms with Crippen molar-refractivity contribution in [2.75, 3.05) is 39.5 Å².